The summed E-state index contributed by atoms with van der Waals surface area (Å²) in [6, 6.07) is 26.1. The van der Waals surface area contributed by atoms with Gasteiger partial charge < -0.3 is 0 Å². The highest BCUT2D eigenvalue weighted by Gasteiger charge is 2.20. The third kappa shape index (κ3) is 3.77. The van der Waals surface area contributed by atoms with E-state index in [4.69, 9.17) is 4.98 Å². The highest BCUT2D eigenvalue weighted by atomic mass is 32.2. The summed E-state index contributed by atoms with van der Waals surface area (Å²) in [6.45, 7) is 9.10. The number of aromatic nitrogens is 1. The third-order valence-corrected chi connectivity index (χ3v) is 8.31. The molecular weight excluding hydrogens is 414 g/mol. The quantitative estimate of drug-likeness (QED) is 0.278. The van der Waals surface area contributed by atoms with Crippen LogP contribution in [0.2, 0.25) is 0 Å². The van der Waals surface area contributed by atoms with Gasteiger partial charge in [-0.05, 0) is 64.6 Å². The largest absolute Gasteiger partial charge is 0.255 e. The van der Waals surface area contributed by atoms with Crippen LogP contribution in [0.5, 0.6) is 0 Å². The molecule has 2 heterocycles. The molecule has 0 fully saturated rings. The minimum Gasteiger partial charge on any atom is -0.255 e. The molecule has 0 atom stereocenters. The van der Waals surface area contributed by atoms with Crippen molar-refractivity contribution in [3.05, 3.63) is 90.1 Å². The number of nitrogens with zero attached hydrogens (tertiary/aromatic N) is 1. The van der Waals surface area contributed by atoms with Crippen LogP contribution in [0.4, 0.5) is 0 Å². The van der Waals surface area contributed by atoms with Gasteiger partial charge in [-0.3, -0.25) is 4.98 Å². The van der Waals surface area contributed by atoms with E-state index in [1.807, 2.05) is 29.3 Å². The Morgan fingerprint density at radius 1 is 0.839 bits per heavy atom. The number of fused-ring (bicyclic) bond motifs is 2. The summed E-state index contributed by atoms with van der Waals surface area (Å²) in [4.78, 5) is 6.14. The molecule has 0 amide bonds. The zero-order valence-corrected chi connectivity index (χ0v) is 19.9. The fourth-order valence-electron chi connectivity index (χ4n) is 4.09. The predicted octanol–water partition coefficient (Wildman–Crippen LogP) is 8.87. The second-order valence-electron chi connectivity index (χ2n) is 8.96. The van der Waals surface area contributed by atoms with Crippen molar-refractivity contribution in [3.63, 3.8) is 0 Å². The molecule has 0 N–H and O–H groups in total. The smallest absolute Gasteiger partial charge is 0.0880 e. The maximum absolute atomic E-state index is 4.87. The number of benzene rings is 3. The first-order chi connectivity index (χ1) is 14.9. The van der Waals surface area contributed by atoms with Gasteiger partial charge in [0.15, 0.2) is 0 Å². The molecule has 0 spiro atoms. The van der Waals surface area contributed by atoms with Gasteiger partial charge >= 0.3 is 0 Å². The molecule has 0 saturated carbocycles. The monoisotopic (exact) mass is 439 g/mol. The van der Waals surface area contributed by atoms with E-state index < -0.39 is 0 Å². The zero-order chi connectivity index (χ0) is 21.6. The maximum Gasteiger partial charge on any atom is 0.0880 e. The molecule has 0 aliphatic heterocycles. The molecule has 3 heteroatoms. The van der Waals surface area contributed by atoms with Crippen molar-refractivity contribution in [2.75, 3.05) is 0 Å². The maximum atomic E-state index is 4.87. The van der Waals surface area contributed by atoms with Crippen LogP contribution in [0.15, 0.2) is 88.1 Å². The standard InChI is InChI=1S/C28H25NS2/c1-18-22-14-15-29-25(26(22)31-27(18)30-21-11-6-5-7-12-21)20-16-19-10-8-9-13-23(19)24(17-20)28(2,3)4/h5-17H,1-4H3. The summed E-state index contributed by atoms with van der Waals surface area (Å²) < 4.78 is 2.61. The van der Waals surface area contributed by atoms with Crippen LogP contribution in [-0.4, -0.2) is 4.98 Å². The van der Waals surface area contributed by atoms with E-state index in [0.29, 0.717) is 0 Å². The summed E-state index contributed by atoms with van der Waals surface area (Å²) in [7, 11) is 0. The third-order valence-electron chi connectivity index (χ3n) is 5.71. The average Bonchev–Trinajstić information content (AvgIpc) is 3.08. The Kier molecular flexibility index (Phi) is 5.11. The molecule has 31 heavy (non-hydrogen) atoms. The molecule has 0 bridgehead atoms. The van der Waals surface area contributed by atoms with Gasteiger partial charge in [0.25, 0.3) is 0 Å². The van der Waals surface area contributed by atoms with Crippen LogP contribution in [0, 0.1) is 6.92 Å². The fraction of sp³-hybridized carbons (Fsp3) is 0.179. The molecule has 5 aromatic rings. The van der Waals surface area contributed by atoms with E-state index in [2.05, 4.69) is 100 Å². The van der Waals surface area contributed by atoms with Crippen LogP contribution in [0.25, 0.3) is 32.1 Å². The molecule has 0 saturated heterocycles. The molecule has 2 aromatic heterocycles. The highest BCUT2D eigenvalue weighted by Crippen LogP contribution is 2.44. The van der Waals surface area contributed by atoms with Gasteiger partial charge in [-0.1, -0.05) is 75.0 Å². The Balaban J connectivity index is 1.71. The van der Waals surface area contributed by atoms with Gasteiger partial charge in [0, 0.05) is 22.0 Å². The Bertz CT molecular complexity index is 1390. The molecule has 0 radical (unpaired) electrons. The average molecular weight is 440 g/mol. The number of thiophene rings is 1. The zero-order valence-electron chi connectivity index (χ0n) is 18.3. The van der Waals surface area contributed by atoms with E-state index in [9.17, 15) is 0 Å². The molecule has 0 unspecified atom stereocenters. The van der Waals surface area contributed by atoms with Crippen LogP contribution in [-0.2, 0) is 5.41 Å². The minimum absolute atomic E-state index is 0.0587. The Labute approximate surface area is 192 Å². The summed E-state index contributed by atoms with van der Waals surface area (Å²) in [5, 5.41) is 3.91. The van der Waals surface area contributed by atoms with Crippen molar-refractivity contribution in [3.8, 4) is 11.3 Å². The highest BCUT2D eigenvalue weighted by molar-refractivity contribution is 8.01. The lowest BCUT2D eigenvalue weighted by Gasteiger charge is -2.22. The van der Waals surface area contributed by atoms with Crippen molar-refractivity contribution in [1.29, 1.82) is 0 Å². The molecule has 5 rings (SSSR count). The molecule has 1 nitrogen and oxygen atoms in total. The van der Waals surface area contributed by atoms with Crippen molar-refractivity contribution >= 4 is 44.0 Å². The second kappa shape index (κ2) is 7.81. The van der Waals surface area contributed by atoms with Crippen molar-refractivity contribution in [2.45, 2.75) is 42.2 Å². The molecule has 0 aliphatic rings. The van der Waals surface area contributed by atoms with Crippen LogP contribution in [0.1, 0.15) is 31.9 Å². The first kappa shape index (κ1) is 20.3. The van der Waals surface area contributed by atoms with E-state index in [1.165, 1.54) is 46.7 Å². The van der Waals surface area contributed by atoms with Crippen LogP contribution >= 0.6 is 23.1 Å². The number of rotatable bonds is 3. The van der Waals surface area contributed by atoms with Crippen LogP contribution < -0.4 is 0 Å². The summed E-state index contributed by atoms with van der Waals surface area (Å²) in [5.74, 6) is 0. The summed E-state index contributed by atoms with van der Waals surface area (Å²) >= 11 is 3.70. The SMILES string of the molecule is Cc1c(Sc2ccccc2)sc2c(-c3cc(C(C)(C)C)c4ccccc4c3)nccc12. The van der Waals surface area contributed by atoms with E-state index >= 15 is 0 Å². The van der Waals surface area contributed by atoms with Gasteiger partial charge in [0.05, 0.1) is 14.6 Å². The van der Waals surface area contributed by atoms with Gasteiger partial charge in [0.2, 0.25) is 0 Å². The topological polar surface area (TPSA) is 12.9 Å². The lowest BCUT2D eigenvalue weighted by molar-refractivity contribution is 0.596. The molecule has 0 aliphatic carbocycles. The predicted molar refractivity (Wildman–Crippen MR) is 137 cm³/mol. The molecule has 3 aromatic carbocycles. The Morgan fingerprint density at radius 3 is 2.35 bits per heavy atom. The number of hydrogen-bond acceptors (Lipinski definition) is 3. The lowest BCUT2D eigenvalue weighted by atomic mass is 9.82. The number of hydrogen-bond donors (Lipinski definition) is 0. The Hall–Kier alpha value is -2.62. The van der Waals surface area contributed by atoms with Gasteiger partial charge in [-0.15, -0.1) is 11.3 Å². The molecular formula is C28H25NS2. The van der Waals surface area contributed by atoms with E-state index in [0.717, 1.165) is 5.69 Å². The lowest BCUT2D eigenvalue weighted by Crippen LogP contribution is -2.12. The van der Waals surface area contributed by atoms with E-state index in [-0.39, 0.29) is 5.41 Å². The van der Waals surface area contributed by atoms with Gasteiger partial charge in [0.1, 0.15) is 0 Å². The Morgan fingerprint density at radius 2 is 1.58 bits per heavy atom. The fourth-order valence-corrected chi connectivity index (χ4v) is 6.61. The first-order valence-corrected chi connectivity index (χ1v) is 12.2. The van der Waals surface area contributed by atoms with Crippen molar-refractivity contribution in [2.24, 2.45) is 0 Å². The van der Waals surface area contributed by atoms with Gasteiger partial charge in [-0.25, -0.2) is 0 Å². The van der Waals surface area contributed by atoms with Crippen molar-refractivity contribution in [1.82, 2.24) is 4.98 Å². The van der Waals surface area contributed by atoms with Crippen molar-refractivity contribution < 1.29 is 0 Å². The summed E-state index contributed by atoms with van der Waals surface area (Å²) in [5.41, 5.74) is 5.05. The second-order valence-corrected chi connectivity index (χ2v) is 11.3. The van der Waals surface area contributed by atoms with Crippen LogP contribution in [0.3, 0.4) is 0 Å². The normalized spacial score (nSPS) is 12.0. The van der Waals surface area contributed by atoms with Gasteiger partial charge in [-0.2, -0.15) is 0 Å². The number of aryl methyl sites for hydroxylation is 1. The molecule has 154 valence electrons. The summed E-state index contributed by atoms with van der Waals surface area (Å²) in [6.07, 6.45) is 1.96. The first-order valence-electron chi connectivity index (χ1n) is 10.6. The minimum atomic E-state index is 0.0587. The van der Waals surface area contributed by atoms with E-state index in [1.54, 1.807) is 0 Å². The number of pyridine rings is 1.